The highest BCUT2D eigenvalue weighted by atomic mass is 127. The van der Waals surface area contributed by atoms with Crippen LogP contribution in [0, 0.1) is 6.92 Å². The predicted octanol–water partition coefficient (Wildman–Crippen LogP) is 2.96. The minimum Gasteiger partial charge on any atom is -0.375 e. The smallest absolute Gasteiger partial charge is 0.192 e. The van der Waals surface area contributed by atoms with Crippen molar-refractivity contribution in [3.05, 3.63) is 65.9 Å². The Labute approximate surface area is 219 Å². The van der Waals surface area contributed by atoms with Crippen molar-refractivity contribution < 1.29 is 0 Å². The average molecular weight is 578 g/mol. The quantitative estimate of drug-likeness (QED) is 0.166. The molecule has 0 fully saturated rings. The number of anilines is 2. The van der Waals surface area contributed by atoms with E-state index < -0.39 is 0 Å². The van der Waals surface area contributed by atoms with Gasteiger partial charge in [-0.15, -0.1) is 34.2 Å². The van der Waals surface area contributed by atoms with Crippen LogP contribution in [0.1, 0.15) is 23.8 Å². The Morgan fingerprint density at radius 1 is 1.00 bits per heavy atom. The van der Waals surface area contributed by atoms with E-state index in [-0.39, 0.29) is 24.0 Å². The van der Waals surface area contributed by atoms with Crippen LogP contribution >= 0.6 is 24.0 Å². The summed E-state index contributed by atoms with van der Waals surface area (Å²) < 4.78 is 1.97. The Balaban J connectivity index is 0.00000408. The van der Waals surface area contributed by atoms with Gasteiger partial charge in [0.2, 0.25) is 0 Å². The van der Waals surface area contributed by atoms with Crippen molar-refractivity contribution >= 4 is 41.4 Å². The monoisotopic (exact) mass is 577 g/mol. The van der Waals surface area contributed by atoms with Crippen LogP contribution in [0.15, 0.2) is 53.5 Å². The number of aromatic nitrogens is 4. The normalized spacial score (nSPS) is 11.0. The van der Waals surface area contributed by atoms with Crippen LogP contribution in [0.2, 0.25) is 0 Å². The van der Waals surface area contributed by atoms with E-state index in [9.17, 15) is 0 Å². The third-order valence-electron chi connectivity index (χ3n) is 5.41. The lowest BCUT2D eigenvalue weighted by molar-refractivity contribution is 0.696. The number of rotatable bonds is 10. The zero-order chi connectivity index (χ0) is 23.6. The van der Waals surface area contributed by atoms with Crippen molar-refractivity contribution in [2.45, 2.75) is 26.4 Å². The summed E-state index contributed by atoms with van der Waals surface area (Å²) in [6.45, 7) is 4.71. The van der Waals surface area contributed by atoms with Gasteiger partial charge in [-0.05, 0) is 37.6 Å². The number of nitrogens with one attached hydrogen (secondary N) is 2. The van der Waals surface area contributed by atoms with E-state index in [1.807, 2.05) is 61.8 Å². The number of hydrogen-bond acceptors (Lipinski definition) is 6. The maximum absolute atomic E-state index is 4.76. The molecule has 0 aliphatic rings. The fourth-order valence-corrected chi connectivity index (χ4v) is 3.24. The van der Waals surface area contributed by atoms with Crippen LogP contribution < -0.4 is 20.4 Å². The first kappa shape index (κ1) is 27.4. The van der Waals surface area contributed by atoms with Gasteiger partial charge in [0.05, 0.1) is 18.8 Å². The molecule has 3 rings (SSSR count). The van der Waals surface area contributed by atoms with Gasteiger partial charge in [-0.25, -0.2) is 9.98 Å². The average Bonchev–Trinajstić information content (AvgIpc) is 3.15. The molecule has 10 heteroatoms. The summed E-state index contributed by atoms with van der Waals surface area (Å²) >= 11 is 0. The third-order valence-corrected chi connectivity index (χ3v) is 5.41. The third kappa shape index (κ3) is 8.15. The van der Waals surface area contributed by atoms with Crippen molar-refractivity contribution in [3.8, 4) is 0 Å². The topological polar surface area (TPSA) is 86.5 Å². The summed E-state index contributed by atoms with van der Waals surface area (Å²) in [7, 11) is 8.05. The Morgan fingerprint density at radius 2 is 1.76 bits per heavy atom. The van der Waals surface area contributed by atoms with E-state index in [2.05, 4.69) is 62.0 Å². The first-order valence-electron chi connectivity index (χ1n) is 11.2. The molecule has 0 unspecified atom stereocenters. The van der Waals surface area contributed by atoms with Gasteiger partial charge in [0.15, 0.2) is 11.8 Å². The molecule has 0 amide bonds. The van der Waals surface area contributed by atoms with Gasteiger partial charge in [0.25, 0.3) is 0 Å². The van der Waals surface area contributed by atoms with E-state index in [4.69, 9.17) is 4.99 Å². The van der Waals surface area contributed by atoms with Crippen molar-refractivity contribution in [3.63, 3.8) is 0 Å². The van der Waals surface area contributed by atoms with Crippen LogP contribution in [0.5, 0.6) is 0 Å². The molecule has 0 bridgehead atoms. The molecule has 1 aromatic carbocycles. The van der Waals surface area contributed by atoms with Crippen molar-refractivity contribution in [2.75, 3.05) is 44.0 Å². The number of aryl methyl sites for hydroxylation is 1. The van der Waals surface area contributed by atoms with E-state index in [0.717, 1.165) is 48.6 Å². The van der Waals surface area contributed by atoms with Crippen LogP contribution in [0.4, 0.5) is 11.5 Å². The number of guanidine groups is 1. The van der Waals surface area contributed by atoms with Crippen LogP contribution in [-0.2, 0) is 20.1 Å². The maximum Gasteiger partial charge on any atom is 0.192 e. The zero-order valence-corrected chi connectivity index (χ0v) is 23.0. The van der Waals surface area contributed by atoms with Gasteiger partial charge in [0.1, 0.15) is 11.6 Å². The Hall–Kier alpha value is -2.89. The summed E-state index contributed by atoms with van der Waals surface area (Å²) in [6.07, 6.45) is 0.976. The highest BCUT2D eigenvalue weighted by molar-refractivity contribution is 14.0. The molecule has 2 aromatic heterocycles. The molecular formula is C24H36IN9. The molecule has 0 radical (unpaired) electrons. The van der Waals surface area contributed by atoms with Gasteiger partial charge in [0, 0.05) is 47.0 Å². The molecule has 2 heterocycles. The summed E-state index contributed by atoms with van der Waals surface area (Å²) in [5, 5.41) is 15.2. The number of nitrogens with zero attached hydrogens (tertiary/aromatic N) is 7. The molecule has 34 heavy (non-hydrogen) atoms. The SMILES string of the molecule is Cc1nnc(CNC(=NCc2cccc(N(C)C)n2)NCCCN(C)c2ccccc2)n1C.I. The second-order valence-electron chi connectivity index (χ2n) is 8.16. The minimum atomic E-state index is 0. The Bertz CT molecular complexity index is 1030. The molecule has 184 valence electrons. The van der Waals surface area contributed by atoms with Gasteiger partial charge in [-0.2, -0.15) is 0 Å². The van der Waals surface area contributed by atoms with Gasteiger partial charge >= 0.3 is 0 Å². The fraction of sp³-hybridized carbons (Fsp3) is 0.417. The lowest BCUT2D eigenvalue weighted by Crippen LogP contribution is -2.39. The first-order chi connectivity index (χ1) is 15.9. The van der Waals surface area contributed by atoms with Crippen LogP contribution in [-0.4, -0.2) is 59.9 Å². The van der Waals surface area contributed by atoms with Crippen molar-refractivity contribution in [1.29, 1.82) is 0 Å². The van der Waals surface area contributed by atoms with Crippen LogP contribution in [0.3, 0.4) is 0 Å². The summed E-state index contributed by atoms with van der Waals surface area (Å²) in [6, 6.07) is 16.4. The van der Waals surface area contributed by atoms with Crippen molar-refractivity contribution in [2.24, 2.45) is 12.0 Å². The highest BCUT2D eigenvalue weighted by Crippen LogP contribution is 2.11. The maximum atomic E-state index is 4.76. The lowest BCUT2D eigenvalue weighted by atomic mass is 10.3. The minimum absolute atomic E-state index is 0. The second kappa shape index (κ2) is 13.7. The summed E-state index contributed by atoms with van der Waals surface area (Å²) in [5.74, 6) is 3.39. The number of hydrogen-bond donors (Lipinski definition) is 2. The van der Waals surface area contributed by atoms with Crippen molar-refractivity contribution in [1.82, 2.24) is 30.4 Å². The molecule has 3 aromatic rings. The van der Waals surface area contributed by atoms with E-state index in [1.165, 1.54) is 5.69 Å². The summed E-state index contributed by atoms with van der Waals surface area (Å²) in [4.78, 5) is 13.7. The molecule has 0 atom stereocenters. The number of pyridine rings is 1. The zero-order valence-electron chi connectivity index (χ0n) is 20.7. The van der Waals surface area contributed by atoms with Gasteiger partial charge < -0.3 is 25.0 Å². The van der Waals surface area contributed by atoms with Crippen LogP contribution in [0.25, 0.3) is 0 Å². The molecule has 2 N–H and O–H groups in total. The second-order valence-corrected chi connectivity index (χ2v) is 8.16. The summed E-state index contributed by atoms with van der Waals surface area (Å²) in [5.41, 5.74) is 2.13. The molecule has 9 nitrogen and oxygen atoms in total. The molecule has 0 spiro atoms. The number of aliphatic imine (C=N–C) groups is 1. The molecular weight excluding hydrogens is 541 g/mol. The molecule has 0 aliphatic heterocycles. The standard InChI is InChI=1S/C24H35N9.HI/c1-19-29-30-23(33(19)5)18-27-24(26-17-20-11-9-14-22(28-20)31(2)3)25-15-10-16-32(4)21-12-7-6-8-13-21;/h6-9,11-14H,10,15-18H2,1-5H3,(H2,25,26,27);1H. The first-order valence-corrected chi connectivity index (χ1v) is 11.2. The van der Waals surface area contributed by atoms with Gasteiger partial charge in [-0.1, -0.05) is 24.3 Å². The molecule has 0 saturated carbocycles. The predicted molar refractivity (Wildman–Crippen MR) is 150 cm³/mol. The molecule has 0 aliphatic carbocycles. The lowest BCUT2D eigenvalue weighted by Gasteiger charge is -2.19. The van der Waals surface area contributed by atoms with E-state index in [0.29, 0.717) is 13.1 Å². The fourth-order valence-electron chi connectivity index (χ4n) is 3.24. The van der Waals surface area contributed by atoms with E-state index in [1.54, 1.807) is 0 Å². The number of para-hydroxylation sites is 1. The molecule has 0 saturated heterocycles. The number of benzene rings is 1. The highest BCUT2D eigenvalue weighted by Gasteiger charge is 2.07. The Kier molecular flexibility index (Phi) is 11.0. The Morgan fingerprint density at radius 3 is 2.44 bits per heavy atom. The number of halogens is 1. The van der Waals surface area contributed by atoms with E-state index >= 15 is 0 Å². The van der Waals surface area contributed by atoms with Gasteiger partial charge in [-0.3, -0.25) is 0 Å². The largest absolute Gasteiger partial charge is 0.375 e.